The lowest BCUT2D eigenvalue weighted by Crippen LogP contribution is -2.44. The van der Waals surface area contributed by atoms with Crippen molar-refractivity contribution >= 4 is 11.4 Å². The Morgan fingerprint density at radius 2 is 2.19 bits per heavy atom. The standard InChI is InChI=1S/C19H17N5O2/c20-11-17-18(22-7-6-21-17)26-16-5-3-9-24(13-16)19(25)14-10-15-4-1-2-8-23(15)12-14/h1-2,4,6-8,10,12,16H,3,5,9,13H2. The number of piperidine rings is 1. The van der Waals surface area contributed by atoms with Crippen molar-refractivity contribution in [3.8, 4) is 11.9 Å². The highest BCUT2D eigenvalue weighted by Crippen LogP contribution is 2.21. The SMILES string of the molecule is N#Cc1nccnc1OC1CCCN(C(=O)c2cc3ccccn3c2)C1. The number of rotatable bonds is 3. The summed E-state index contributed by atoms with van der Waals surface area (Å²) in [6.07, 6.45) is 8.17. The Hall–Kier alpha value is -3.40. The van der Waals surface area contributed by atoms with Gasteiger partial charge in [0.1, 0.15) is 12.2 Å². The number of ether oxygens (including phenoxy) is 1. The quantitative estimate of drug-likeness (QED) is 0.726. The zero-order valence-electron chi connectivity index (χ0n) is 14.1. The molecule has 7 nitrogen and oxygen atoms in total. The van der Waals surface area contributed by atoms with Crippen molar-refractivity contribution in [1.29, 1.82) is 5.26 Å². The van der Waals surface area contributed by atoms with Crippen LogP contribution in [0.4, 0.5) is 0 Å². The van der Waals surface area contributed by atoms with Crippen LogP contribution in [0, 0.1) is 11.3 Å². The first-order valence-corrected chi connectivity index (χ1v) is 8.48. The maximum absolute atomic E-state index is 12.9. The topological polar surface area (TPSA) is 83.5 Å². The van der Waals surface area contributed by atoms with Crippen molar-refractivity contribution in [3.05, 3.63) is 60.3 Å². The van der Waals surface area contributed by atoms with Gasteiger partial charge in [0, 0.05) is 36.8 Å². The fraction of sp³-hybridized carbons (Fsp3) is 0.263. The molecule has 7 heteroatoms. The summed E-state index contributed by atoms with van der Waals surface area (Å²) >= 11 is 0. The molecule has 4 rings (SSSR count). The van der Waals surface area contributed by atoms with E-state index in [0.717, 1.165) is 18.4 Å². The van der Waals surface area contributed by atoms with Crippen LogP contribution in [0.5, 0.6) is 5.88 Å². The monoisotopic (exact) mass is 347 g/mol. The second-order valence-electron chi connectivity index (χ2n) is 6.22. The molecular formula is C19H17N5O2. The molecule has 26 heavy (non-hydrogen) atoms. The Morgan fingerprint density at radius 1 is 1.31 bits per heavy atom. The van der Waals surface area contributed by atoms with Crippen molar-refractivity contribution in [2.75, 3.05) is 13.1 Å². The summed E-state index contributed by atoms with van der Waals surface area (Å²) in [7, 11) is 0. The Kier molecular flexibility index (Phi) is 4.23. The lowest BCUT2D eigenvalue weighted by molar-refractivity contribution is 0.0526. The molecule has 1 amide bonds. The highest BCUT2D eigenvalue weighted by molar-refractivity contribution is 5.95. The normalized spacial score (nSPS) is 17.0. The summed E-state index contributed by atoms with van der Waals surface area (Å²) < 4.78 is 7.79. The minimum Gasteiger partial charge on any atom is -0.470 e. The van der Waals surface area contributed by atoms with E-state index in [9.17, 15) is 4.79 Å². The number of likely N-dealkylation sites (tertiary alicyclic amines) is 1. The van der Waals surface area contributed by atoms with Gasteiger partial charge in [0.25, 0.3) is 11.8 Å². The maximum atomic E-state index is 12.9. The molecule has 1 unspecified atom stereocenters. The lowest BCUT2D eigenvalue weighted by Gasteiger charge is -2.32. The largest absolute Gasteiger partial charge is 0.470 e. The van der Waals surface area contributed by atoms with E-state index >= 15 is 0 Å². The van der Waals surface area contributed by atoms with Gasteiger partial charge >= 0.3 is 0 Å². The van der Waals surface area contributed by atoms with Crippen LogP contribution in [0.1, 0.15) is 28.9 Å². The zero-order chi connectivity index (χ0) is 17.9. The average Bonchev–Trinajstić information content (AvgIpc) is 3.12. The van der Waals surface area contributed by atoms with Gasteiger partial charge < -0.3 is 14.0 Å². The number of aromatic nitrogens is 3. The van der Waals surface area contributed by atoms with Crippen molar-refractivity contribution in [2.24, 2.45) is 0 Å². The maximum Gasteiger partial charge on any atom is 0.255 e. The number of nitrogens with zero attached hydrogens (tertiary/aromatic N) is 5. The molecule has 0 bridgehead atoms. The molecule has 3 aromatic heterocycles. The molecule has 1 aliphatic heterocycles. The number of carbonyl (C=O) groups excluding carboxylic acids is 1. The van der Waals surface area contributed by atoms with E-state index in [1.165, 1.54) is 12.4 Å². The minimum atomic E-state index is -0.200. The molecule has 0 saturated carbocycles. The third kappa shape index (κ3) is 3.09. The third-order valence-corrected chi connectivity index (χ3v) is 4.47. The van der Waals surface area contributed by atoms with Crippen LogP contribution in [0.15, 0.2) is 49.1 Å². The molecule has 130 valence electrons. The summed E-state index contributed by atoms with van der Waals surface area (Å²) in [4.78, 5) is 22.7. The third-order valence-electron chi connectivity index (χ3n) is 4.47. The Labute approximate surface area is 150 Å². The molecule has 1 atom stereocenters. The van der Waals surface area contributed by atoms with Gasteiger partial charge in [-0.05, 0) is 31.0 Å². The van der Waals surface area contributed by atoms with E-state index in [1.807, 2.05) is 47.1 Å². The van der Waals surface area contributed by atoms with Gasteiger partial charge in [-0.25, -0.2) is 9.97 Å². The van der Waals surface area contributed by atoms with Crippen LogP contribution in [-0.4, -0.2) is 44.4 Å². The van der Waals surface area contributed by atoms with Gasteiger partial charge in [-0.15, -0.1) is 0 Å². The second kappa shape index (κ2) is 6.84. The fourth-order valence-corrected chi connectivity index (χ4v) is 3.22. The molecule has 3 aromatic rings. The number of hydrogen-bond donors (Lipinski definition) is 0. The molecular weight excluding hydrogens is 330 g/mol. The number of pyridine rings is 1. The van der Waals surface area contributed by atoms with Gasteiger partial charge in [-0.3, -0.25) is 4.79 Å². The van der Waals surface area contributed by atoms with Gasteiger partial charge in [0.15, 0.2) is 0 Å². The molecule has 1 saturated heterocycles. The van der Waals surface area contributed by atoms with E-state index in [0.29, 0.717) is 18.7 Å². The van der Waals surface area contributed by atoms with Gasteiger partial charge in [0.05, 0.1) is 12.1 Å². The van der Waals surface area contributed by atoms with E-state index in [1.54, 1.807) is 4.90 Å². The summed E-state index contributed by atoms with van der Waals surface area (Å²) in [6.45, 7) is 1.16. The van der Waals surface area contributed by atoms with Crippen molar-refractivity contribution < 1.29 is 9.53 Å². The van der Waals surface area contributed by atoms with Crippen molar-refractivity contribution in [1.82, 2.24) is 19.3 Å². The minimum absolute atomic E-state index is 0.0124. The Morgan fingerprint density at radius 3 is 3.04 bits per heavy atom. The van der Waals surface area contributed by atoms with Crippen molar-refractivity contribution in [2.45, 2.75) is 18.9 Å². The van der Waals surface area contributed by atoms with Crippen LogP contribution >= 0.6 is 0 Å². The van der Waals surface area contributed by atoms with E-state index in [2.05, 4.69) is 9.97 Å². The molecule has 0 N–H and O–H groups in total. The summed E-state index contributed by atoms with van der Waals surface area (Å²) in [6, 6.07) is 9.72. The van der Waals surface area contributed by atoms with E-state index < -0.39 is 0 Å². The first kappa shape index (κ1) is 16.1. The lowest BCUT2D eigenvalue weighted by atomic mass is 10.1. The number of amides is 1. The highest BCUT2D eigenvalue weighted by atomic mass is 16.5. The van der Waals surface area contributed by atoms with Crippen LogP contribution in [0.3, 0.4) is 0 Å². The molecule has 1 fully saturated rings. The molecule has 0 aromatic carbocycles. The number of hydrogen-bond acceptors (Lipinski definition) is 5. The first-order valence-electron chi connectivity index (χ1n) is 8.48. The number of carbonyl (C=O) groups is 1. The van der Waals surface area contributed by atoms with E-state index in [-0.39, 0.29) is 23.6 Å². The van der Waals surface area contributed by atoms with Crippen LogP contribution in [0.25, 0.3) is 5.52 Å². The molecule has 0 spiro atoms. The first-order chi connectivity index (χ1) is 12.7. The molecule has 1 aliphatic rings. The average molecular weight is 347 g/mol. The molecule has 0 aliphatic carbocycles. The fourth-order valence-electron chi connectivity index (χ4n) is 3.22. The second-order valence-corrected chi connectivity index (χ2v) is 6.22. The summed E-state index contributed by atoms with van der Waals surface area (Å²) in [5.74, 6) is 0.213. The van der Waals surface area contributed by atoms with Crippen LogP contribution in [0.2, 0.25) is 0 Å². The van der Waals surface area contributed by atoms with Crippen LogP contribution < -0.4 is 4.74 Å². The van der Waals surface area contributed by atoms with Crippen LogP contribution in [-0.2, 0) is 0 Å². The highest BCUT2D eigenvalue weighted by Gasteiger charge is 2.27. The Balaban J connectivity index is 1.49. The van der Waals surface area contributed by atoms with Gasteiger partial charge in [0.2, 0.25) is 5.69 Å². The number of fused-ring (bicyclic) bond motifs is 1. The Bertz CT molecular complexity index is 958. The molecule has 4 heterocycles. The predicted octanol–water partition coefficient (Wildman–Crippen LogP) is 2.28. The van der Waals surface area contributed by atoms with E-state index in [4.69, 9.17) is 10.00 Å². The van der Waals surface area contributed by atoms with Gasteiger partial charge in [-0.2, -0.15) is 5.26 Å². The smallest absolute Gasteiger partial charge is 0.255 e. The zero-order valence-corrected chi connectivity index (χ0v) is 14.1. The summed E-state index contributed by atoms with van der Waals surface area (Å²) in [5.41, 5.74) is 1.81. The number of nitriles is 1. The summed E-state index contributed by atoms with van der Waals surface area (Å²) in [5, 5.41) is 9.11. The van der Waals surface area contributed by atoms with Crippen molar-refractivity contribution in [3.63, 3.8) is 0 Å². The predicted molar refractivity (Wildman–Crippen MR) is 93.7 cm³/mol. The molecule has 0 radical (unpaired) electrons. The van der Waals surface area contributed by atoms with Gasteiger partial charge in [-0.1, -0.05) is 6.07 Å².